The zero-order chi connectivity index (χ0) is 12.4. The van der Waals surface area contributed by atoms with Gasteiger partial charge in [-0.3, -0.25) is 0 Å². The van der Waals surface area contributed by atoms with Crippen LogP contribution in [0.5, 0.6) is 11.6 Å². The van der Waals surface area contributed by atoms with Crippen molar-refractivity contribution in [1.29, 1.82) is 0 Å². The van der Waals surface area contributed by atoms with Crippen LogP contribution in [-0.2, 0) is 0 Å². The van der Waals surface area contributed by atoms with Crippen LogP contribution in [0.15, 0.2) is 18.2 Å². The first kappa shape index (κ1) is 12.3. The van der Waals surface area contributed by atoms with Gasteiger partial charge in [0.2, 0.25) is 5.15 Å². The van der Waals surface area contributed by atoms with Gasteiger partial charge in [-0.2, -0.15) is 4.37 Å². The molecular weight excluding hydrogens is 256 g/mol. The predicted octanol–water partition coefficient (Wildman–Crippen LogP) is 4.42. The van der Waals surface area contributed by atoms with Crippen molar-refractivity contribution >= 4 is 23.3 Å². The van der Waals surface area contributed by atoms with Crippen molar-refractivity contribution in [2.75, 3.05) is 0 Å². The molecule has 0 saturated carbocycles. The topological polar surface area (TPSA) is 35.0 Å². The Bertz CT molecular complexity index is 525. The highest BCUT2D eigenvalue weighted by molar-refractivity contribution is 6.99. The van der Waals surface area contributed by atoms with Gasteiger partial charge in [-0.1, -0.05) is 31.5 Å². The number of aryl methyl sites for hydroxylation is 1. The first-order valence-corrected chi connectivity index (χ1v) is 6.45. The molecule has 0 radical (unpaired) electrons. The van der Waals surface area contributed by atoms with Crippen LogP contribution in [-0.4, -0.2) is 8.75 Å². The smallest absolute Gasteiger partial charge is 0.270 e. The highest BCUT2D eigenvalue weighted by Crippen LogP contribution is 2.29. The highest BCUT2D eigenvalue weighted by atomic mass is 35.5. The number of nitrogens with zero attached hydrogens (tertiary/aromatic N) is 2. The summed E-state index contributed by atoms with van der Waals surface area (Å²) in [5.74, 6) is 1.61. The molecule has 2 rings (SSSR count). The monoisotopic (exact) mass is 268 g/mol. The van der Waals surface area contributed by atoms with Crippen LogP contribution in [0.3, 0.4) is 0 Å². The van der Waals surface area contributed by atoms with Crippen molar-refractivity contribution < 1.29 is 4.74 Å². The van der Waals surface area contributed by atoms with Crippen molar-refractivity contribution in [3.05, 3.63) is 34.5 Å². The van der Waals surface area contributed by atoms with E-state index in [9.17, 15) is 0 Å². The fourth-order valence-corrected chi connectivity index (χ4v) is 2.31. The second kappa shape index (κ2) is 5.02. The quantitative estimate of drug-likeness (QED) is 0.827. The Morgan fingerprint density at radius 3 is 2.59 bits per heavy atom. The minimum Gasteiger partial charge on any atom is -0.436 e. The number of hydrogen-bond donors (Lipinski definition) is 0. The van der Waals surface area contributed by atoms with Gasteiger partial charge in [0.15, 0.2) is 0 Å². The van der Waals surface area contributed by atoms with Gasteiger partial charge in [-0.25, -0.2) is 0 Å². The standard InChI is InChI=1S/C12H13ClN2OS/c1-7(2)10-5-4-9(6-8(10)3)16-12-11(13)14-17-15-12/h4-7H,1-3H3. The fourth-order valence-electron chi connectivity index (χ4n) is 1.70. The van der Waals surface area contributed by atoms with Crippen LogP contribution in [0.2, 0.25) is 5.15 Å². The third kappa shape index (κ3) is 2.76. The van der Waals surface area contributed by atoms with Crippen molar-refractivity contribution in [2.24, 2.45) is 0 Å². The van der Waals surface area contributed by atoms with E-state index in [-0.39, 0.29) is 0 Å². The van der Waals surface area contributed by atoms with E-state index >= 15 is 0 Å². The summed E-state index contributed by atoms with van der Waals surface area (Å²) in [6.45, 7) is 6.41. The summed E-state index contributed by atoms with van der Waals surface area (Å²) in [5, 5.41) is 0.306. The average Bonchev–Trinajstić information content (AvgIpc) is 2.64. The summed E-state index contributed by atoms with van der Waals surface area (Å²) >= 11 is 6.86. The highest BCUT2D eigenvalue weighted by Gasteiger charge is 2.09. The minimum atomic E-state index is 0.306. The lowest BCUT2D eigenvalue weighted by molar-refractivity contribution is 0.467. The third-order valence-electron chi connectivity index (χ3n) is 2.50. The molecule has 0 saturated heterocycles. The molecule has 0 N–H and O–H groups in total. The number of benzene rings is 1. The maximum atomic E-state index is 5.82. The largest absolute Gasteiger partial charge is 0.436 e. The Morgan fingerprint density at radius 2 is 2.06 bits per heavy atom. The van der Waals surface area contributed by atoms with Crippen molar-refractivity contribution in [3.8, 4) is 11.6 Å². The minimum absolute atomic E-state index is 0.306. The number of ether oxygens (including phenoxy) is 1. The van der Waals surface area contributed by atoms with E-state index in [0.717, 1.165) is 17.5 Å². The number of hydrogen-bond acceptors (Lipinski definition) is 4. The van der Waals surface area contributed by atoms with Crippen LogP contribution in [0, 0.1) is 6.92 Å². The summed E-state index contributed by atoms with van der Waals surface area (Å²) < 4.78 is 13.4. The molecule has 90 valence electrons. The zero-order valence-electron chi connectivity index (χ0n) is 9.90. The van der Waals surface area contributed by atoms with Gasteiger partial charge < -0.3 is 4.74 Å². The van der Waals surface area contributed by atoms with Crippen molar-refractivity contribution in [1.82, 2.24) is 8.75 Å². The molecule has 1 aromatic heterocycles. The van der Waals surface area contributed by atoms with E-state index in [0.29, 0.717) is 17.0 Å². The Hall–Kier alpha value is -1.13. The Morgan fingerprint density at radius 1 is 1.29 bits per heavy atom. The number of halogens is 1. The van der Waals surface area contributed by atoms with Crippen molar-refractivity contribution in [3.63, 3.8) is 0 Å². The van der Waals surface area contributed by atoms with Crippen LogP contribution >= 0.6 is 23.3 Å². The van der Waals surface area contributed by atoms with E-state index < -0.39 is 0 Å². The number of aromatic nitrogens is 2. The summed E-state index contributed by atoms with van der Waals surface area (Å²) in [6, 6.07) is 5.99. The molecule has 0 amide bonds. The van der Waals surface area contributed by atoms with Gasteiger partial charge in [0.1, 0.15) is 5.75 Å². The summed E-state index contributed by atoms with van der Waals surface area (Å²) in [5.41, 5.74) is 2.52. The van der Waals surface area contributed by atoms with E-state index in [1.807, 2.05) is 12.1 Å². The maximum Gasteiger partial charge on any atom is 0.270 e. The van der Waals surface area contributed by atoms with E-state index in [4.69, 9.17) is 16.3 Å². The second-order valence-electron chi connectivity index (χ2n) is 4.14. The lowest BCUT2D eigenvalue weighted by Crippen LogP contribution is -1.93. The molecule has 0 unspecified atom stereocenters. The van der Waals surface area contributed by atoms with Crippen LogP contribution in [0.25, 0.3) is 0 Å². The normalized spacial score (nSPS) is 10.9. The van der Waals surface area contributed by atoms with Gasteiger partial charge in [0, 0.05) is 0 Å². The SMILES string of the molecule is Cc1cc(Oc2nsnc2Cl)ccc1C(C)C. The molecule has 5 heteroatoms. The summed E-state index contributed by atoms with van der Waals surface area (Å²) in [6.07, 6.45) is 0. The molecule has 17 heavy (non-hydrogen) atoms. The van der Waals surface area contributed by atoms with Gasteiger partial charge in [0.05, 0.1) is 11.7 Å². The fraction of sp³-hybridized carbons (Fsp3) is 0.333. The average molecular weight is 269 g/mol. The van der Waals surface area contributed by atoms with Gasteiger partial charge >= 0.3 is 0 Å². The van der Waals surface area contributed by atoms with Crippen LogP contribution < -0.4 is 4.74 Å². The predicted molar refractivity (Wildman–Crippen MR) is 70.3 cm³/mol. The first-order valence-electron chi connectivity index (χ1n) is 5.34. The van der Waals surface area contributed by atoms with Crippen LogP contribution in [0.4, 0.5) is 0 Å². The molecule has 0 aliphatic heterocycles. The van der Waals surface area contributed by atoms with Crippen LogP contribution in [0.1, 0.15) is 30.9 Å². The Labute approximate surface area is 110 Å². The molecule has 0 aliphatic rings. The Balaban J connectivity index is 2.24. The summed E-state index contributed by atoms with van der Waals surface area (Å²) in [7, 11) is 0. The molecule has 1 aromatic carbocycles. The van der Waals surface area contributed by atoms with E-state index in [1.165, 1.54) is 11.1 Å². The first-order chi connectivity index (χ1) is 8.08. The molecule has 1 heterocycles. The molecular formula is C12H13ClN2OS. The molecule has 0 aliphatic carbocycles. The molecule has 2 aromatic rings. The molecule has 0 bridgehead atoms. The van der Waals surface area contributed by atoms with Crippen molar-refractivity contribution in [2.45, 2.75) is 26.7 Å². The molecule has 0 atom stereocenters. The van der Waals surface area contributed by atoms with E-state index in [1.54, 1.807) is 0 Å². The molecule has 0 spiro atoms. The summed E-state index contributed by atoms with van der Waals surface area (Å²) in [4.78, 5) is 0. The number of rotatable bonds is 3. The lowest BCUT2D eigenvalue weighted by Gasteiger charge is -2.11. The molecule has 3 nitrogen and oxygen atoms in total. The maximum absolute atomic E-state index is 5.82. The second-order valence-corrected chi connectivity index (χ2v) is 5.02. The molecule has 0 fully saturated rings. The zero-order valence-corrected chi connectivity index (χ0v) is 11.5. The van der Waals surface area contributed by atoms with Gasteiger partial charge in [-0.15, -0.1) is 4.37 Å². The lowest BCUT2D eigenvalue weighted by atomic mass is 9.98. The van der Waals surface area contributed by atoms with Gasteiger partial charge in [-0.05, 0) is 36.1 Å². The third-order valence-corrected chi connectivity index (χ3v) is 3.36. The van der Waals surface area contributed by atoms with Gasteiger partial charge in [0.25, 0.3) is 5.88 Å². The Kier molecular flexibility index (Phi) is 3.64. The van der Waals surface area contributed by atoms with E-state index in [2.05, 4.69) is 35.6 Å².